The van der Waals surface area contributed by atoms with Gasteiger partial charge in [-0.1, -0.05) is 26.0 Å². The zero-order chi connectivity index (χ0) is 25.7. The van der Waals surface area contributed by atoms with E-state index in [2.05, 4.69) is 30.1 Å². The first-order chi connectivity index (χ1) is 17.2. The number of fused-ring (bicyclic) bond motifs is 4. The second kappa shape index (κ2) is 9.16. The van der Waals surface area contributed by atoms with Crippen molar-refractivity contribution in [2.75, 3.05) is 13.1 Å². The third kappa shape index (κ3) is 4.09. The Morgan fingerprint density at radius 1 is 1.22 bits per heavy atom. The lowest BCUT2D eigenvalue weighted by Crippen LogP contribution is -2.62. The van der Waals surface area contributed by atoms with Gasteiger partial charge in [-0.2, -0.15) is 0 Å². The molecule has 1 aromatic heterocycles. The van der Waals surface area contributed by atoms with E-state index in [0.717, 1.165) is 37.7 Å². The number of amides is 2. The topological polar surface area (TPSA) is 94.9 Å². The monoisotopic (exact) mass is 498 g/mol. The molecule has 36 heavy (non-hydrogen) atoms. The number of aromatic hydroxyl groups is 1. The number of carbonyl (C=O) groups is 2. The Balaban J connectivity index is 1.47. The second-order valence-corrected chi connectivity index (χ2v) is 10.0. The molecule has 2 N–H and O–H groups in total. The zero-order valence-corrected chi connectivity index (χ0v) is 20.1. The van der Waals surface area contributed by atoms with Gasteiger partial charge in [-0.25, -0.2) is 8.78 Å². The number of pyridine rings is 1. The molecule has 0 radical (unpaired) electrons. The number of hydrogen-bond donors (Lipinski definition) is 2. The van der Waals surface area contributed by atoms with Crippen molar-refractivity contribution in [1.82, 2.24) is 19.7 Å². The number of benzene rings is 1. The van der Waals surface area contributed by atoms with Crippen LogP contribution in [-0.2, 0) is 13.1 Å². The number of hydrogen-bond acceptors (Lipinski definition) is 5. The molecule has 2 aliphatic heterocycles. The first-order valence-corrected chi connectivity index (χ1v) is 12.1. The lowest BCUT2D eigenvalue weighted by Gasteiger charge is -2.50. The maximum Gasteiger partial charge on any atom is 0.280 e. The van der Waals surface area contributed by atoms with Crippen LogP contribution in [0.5, 0.6) is 5.75 Å². The summed E-state index contributed by atoms with van der Waals surface area (Å²) in [5.41, 5.74) is -0.493. The van der Waals surface area contributed by atoms with Crippen molar-refractivity contribution < 1.29 is 23.5 Å². The van der Waals surface area contributed by atoms with Gasteiger partial charge in [0.2, 0.25) is 5.43 Å². The van der Waals surface area contributed by atoms with Crippen LogP contribution >= 0.6 is 0 Å². The minimum Gasteiger partial charge on any atom is -0.503 e. The molecule has 3 aliphatic rings. The summed E-state index contributed by atoms with van der Waals surface area (Å²) in [6, 6.07) is 2.97. The van der Waals surface area contributed by atoms with Crippen LogP contribution in [0, 0.1) is 23.5 Å². The van der Waals surface area contributed by atoms with Crippen LogP contribution in [0.3, 0.4) is 0 Å². The fourth-order valence-corrected chi connectivity index (χ4v) is 5.49. The van der Waals surface area contributed by atoms with E-state index in [9.17, 15) is 28.3 Å². The van der Waals surface area contributed by atoms with Gasteiger partial charge in [0, 0.05) is 49.1 Å². The molecule has 0 bridgehead atoms. The number of allylic oxidation sites excluding steroid dienone is 1. The van der Waals surface area contributed by atoms with Crippen molar-refractivity contribution in [1.29, 1.82) is 0 Å². The highest BCUT2D eigenvalue weighted by molar-refractivity contribution is 6.00. The summed E-state index contributed by atoms with van der Waals surface area (Å²) in [7, 11) is 0. The average Bonchev–Trinajstić information content (AvgIpc) is 3.28. The van der Waals surface area contributed by atoms with Gasteiger partial charge in [0.25, 0.3) is 11.8 Å². The highest BCUT2D eigenvalue weighted by atomic mass is 19.1. The van der Waals surface area contributed by atoms with Gasteiger partial charge in [-0.3, -0.25) is 24.2 Å². The van der Waals surface area contributed by atoms with E-state index in [-0.39, 0.29) is 42.0 Å². The van der Waals surface area contributed by atoms with Crippen molar-refractivity contribution in [2.45, 2.75) is 45.9 Å². The van der Waals surface area contributed by atoms with E-state index in [4.69, 9.17) is 0 Å². The third-order valence-electron chi connectivity index (χ3n) is 7.08. The van der Waals surface area contributed by atoms with Crippen LogP contribution in [0.25, 0.3) is 0 Å². The predicted molar refractivity (Wildman–Crippen MR) is 127 cm³/mol. The van der Waals surface area contributed by atoms with Crippen molar-refractivity contribution in [2.24, 2.45) is 11.8 Å². The Labute approximate surface area is 206 Å². The number of rotatable bonds is 5. The van der Waals surface area contributed by atoms with Crippen molar-refractivity contribution in [3.63, 3.8) is 0 Å². The summed E-state index contributed by atoms with van der Waals surface area (Å²) in [6.07, 6.45) is 4.86. The van der Waals surface area contributed by atoms with Crippen LogP contribution in [0.4, 0.5) is 8.78 Å². The fourth-order valence-electron chi connectivity index (χ4n) is 5.49. The van der Waals surface area contributed by atoms with Gasteiger partial charge >= 0.3 is 0 Å². The first kappa shape index (κ1) is 24.2. The Kier molecular flexibility index (Phi) is 6.15. The highest BCUT2D eigenvalue weighted by Gasteiger charge is 2.46. The quantitative estimate of drug-likeness (QED) is 0.661. The molecule has 10 heteroatoms. The molecule has 2 amide bonds. The second-order valence-electron chi connectivity index (χ2n) is 10.0. The molecular formula is C26H28F2N4O4. The smallest absolute Gasteiger partial charge is 0.280 e. The largest absolute Gasteiger partial charge is 0.503 e. The maximum absolute atomic E-state index is 13.9. The molecule has 190 valence electrons. The summed E-state index contributed by atoms with van der Waals surface area (Å²) < 4.78 is 28.6. The van der Waals surface area contributed by atoms with E-state index < -0.39 is 34.6 Å². The first-order valence-electron chi connectivity index (χ1n) is 12.1. The summed E-state index contributed by atoms with van der Waals surface area (Å²) >= 11 is 0. The minimum atomic E-state index is -0.974. The zero-order valence-electron chi connectivity index (χ0n) is 20.1. The fraction of sp³-hybridized carbons (Fsp3) is 0.423. The summed E-state index contributed by atoms with van der Waals surface area (Å²) in [5, 5.41) is 13.2. The molecule has 2 atom stereocenters. The van der Waals surface area contributed by atoms with Gasteiger partial charge in [0.15, 0.2) is 11.4 Å². The predicted octanol–water partition coefficient (Wildman–Crippen LogP) is 2.81. The molecule has 3 heterocycles. The van der Waals surface area contributed by atoms with Crippen LogP contribution in [-0.4, -0.2) is 50.5 Å². The normalized spacial score (nSPS) is 21.2. The summed E-state index contributed by atoms with van der Waals surface area (Å²) in [4.78, 5) is 43.3. The van der Waals surface area contributed by atoms with Crippen LogP contribution in [0.1, 0.15) is 53.1 Å². The Morgan fingerprint density at radius 2 is 2.00 bits per heavy atom. The Hall–Kier alpha value is -3.53. The standard InChI is InChI=1S/C26H28F2N4O4/c1-14(2)10-30-11-16-4-3-5-20(16)32-21(30)13-31-12-18(23(33)24(34)22(31)26(32)36)25(35)29-9-15-6-7-17(27)8-19(15)28/h5-8,12,14,16,21,34H,3-4,9-11,13H2,1-2H3,(H,29,35)/t16-,21-/m0/s1. The number of nitrogens with one attached hydrogen (secondary N) is 1. The van der Waals surface area contributed by atoms with Crippen molar-refractivity contribution in [3.8, 4) is 5.75 Å². The summed E-state index contributed by atoms with van der Waals surface area (Å²) in [5.74, 6) is -3.05. The molecule has 8 nitrogen and oxygen atoms in total. The minimum absolute atomic E-state index is 0.0452. The Bertz CT molecular complexity index is 1340. The van der Waals surface area contributed by atoms with E-state index in [1.807, 2.05) is 0 Å². The molecular weight excluding hydrogens is 470 g/mol. The maximum atomic E-state index is 13.9. The summed E-state index contributed by atoms with van der Waals surface area (Å²) in [6.45, 7) is 5.81. The number of halogens is 2. The van der Waals surface area contributed by atoms with E-state index in [1.54, 1.807) is 4.90 Å². The van der Waals surface area contributed by atoms with Gasteiger partial charge < -0.3 is 15.0 Å². The van der Waals surface area contributed by atoms with Gasteiger partial charge in [0.05, 0.1) is 6.54 Å². The molecule has 1 aromatic carbocycles. The van der Waals surface area contributed by atoms with Gasteiger partial charge in [-0.05, 0) is 24.8 Å². The molecule has 0 unspecified atom stereocenters. The van der Waals surface area contributed by atoms with Crippen molar-refractivity contribution in [3.05, 3.63) is 74.8 Å². The van der Waals surface area contributed by atoms with E-state index in [0.29, 0.717) is 12.0 Å². The Morgan fingerprint density at radius 3 is 2.72 bits per heavy atom. The molecule has 0 spiro atoms. The molecule has 1 aliphatic carbocycles. The van der Waals surface area contributed by atoms with E-state index >= 15 is 0 Å². The van der Waals surface area contributed by atoms with Crippen LogP contribution in [0.2, 0.25) is 0 Å². The molecule has 5 rings (SSSR count). The van der Waals surface area contributed by atoms with E-state index in [1.165, 1.54) is 16.8 Å². The molecule has 1 fully saturated rings. The average molecular weight is 499 g/mol. The number of nitrogens with zero attached hydrogens (tertiary/aromatic N) is 3. The lowest BCUT2D eigenvalue weighted by molar-refractivity contribution is -0.00907. The molecule has 1 saturated heterocycles. The van der Waals surface area contributed by atoms with Gasteiger partial charge in [-0.15, -0.1) is 0 Å². The lowest BCUT2D eigenvalue weighted by atomic mass is 9.96. The number of carbonyl (C=O) groups excluding carboxylic acids is 2. The number of aromatic nitrogens is 1. The molecule has 2 aromatic rings. The molecule has 0 saturated carbocycles. The third-order valence-corrected chi connectivity index (χ3v) is 7.08. The van der Waals surface area contributed by atoms with Crippen molar-refractivity contribution >= 4 is 11.8 Å². The highest BCUT2D eigenvalue weighted by Crippen LogP contribution is 2.40. The SMILES string of the molecule is CC(C)CN1C[C@@H]2CCC=C2N2C(=O)c3c(O)c(=O)c(C(=O)NCc4ccc(F)cc4F)cn3C[C@@H]12. The van der Waals surface area contributed by atoms with Crippen LogP contribution < -0.4 is 10.7 Å². The van der Waals surface area contributed by atoms with Gasteiger partial charge in [0.1, 0.15) is 23.4 Å². The van der Waals surface area contributed by atoms with Crippen LogP contribution in [0.15, 0.2) is 41.0 Å².